The predicted molar refractivity (Wildman–Crippen MR) is 58.5 cm³/mol. The van der Waals surface area contributed by atoms with E-state index in [1.54, 1.807) is 21.2 Å². The third kappa shape index (κ3) is 8.50. The van der Waals surface area contributed by atoms with Crippen LogP contribution in [0.15, 0.2) is 0 Å². The molecule has 0 aliphatic carbocycles. The maximum absolute atomic E-state index is 5.54. The van der Waals surface area contributed by atoms with Crippen molar-refractivity contribution in [1.82, 2.24) is 10.1 Å². The fraction of sp³-hybridized carbons (Fsp3) is 1.00. The highest BCUT2D eigenvalue weighted by molar-refractivity contribution is 6.03. The lowest BCUT2D eigenvalue weighted by molar-refractivity contribution is -0.0602. The molecule has 1 aliphatic rings. The van der Waals surface area contributed by atoms with E-state index in [4.69, 9.17) is 17.5 Å². The maximum atomic E-state index is 5.54. The first-order valence-corrected chi connectivity index (χ1v) is 4.83. The van der Waals surface area contributed by atoms with Crippen molar-refractivity contribution in [3.63, 3.8) is 0 Å². The van der Waals surface area contributed by atoms with Gasteiger partial charge in [-0.3, -0.25) is 0 Å². The Morgan fingerprint density at radius 1 is 1.50 bits per heavy atom. The number of rotatable bonds is 2. The maximum Gasteiger partial charge on any atom is 0.181 e. The second-order valence-electron chi connectivity index (χ2n) is 3.65. The molecule has 2 atom stereocenters. The molecular formula is C9H21BN2O2. The first-order valence-electron chi connectivity index (χ1n) is 4.83. The average Bonchev–Trinajstić information content (AvgIpc) is 2.03. The molecule has 0 spiro atoms. The van der Waals surface area contributed by atoms with E-state index >= 15 is 0 Å². The number of nitrogens with one attached hydrogen (secondary N) is 1. The molecule has 82 valence electrons. The molecule has 5 heteroatoms. The number of hydrogen-bond donors (Lipinski definition) is 1. The van der Waals surface area contributed by atoms with Gasteiger partial charge in [-0.2, -0.15) is 0 Å². The van der Waals surface area contributed by atoms with Crippen LogP contribution in [0, 0.1) is 0 Å². The van der Waals surface area contributed by atoms with E-state index in [0.717, 1.165) is 13.1 Å². The summed E-state index contributed by atoms with van der Waals surface area (Å²) in [6.45, 7) is 4.63. The van der Waals surface area contributed by atoms with Gasteiger partial charge in [0.25, 0.3) is 0 Å². The highest BCUT2D eigenvalue weighted by atomic mass is 16.5. The van der Waals surface area contributed by atoms with E-state index in [9.17, 15) is 0 Å². The number of hydrogen-bond acceptors (Lipinski definition) is 4. The molecule has 0 unspecified atom stereocenters. The van der Waals surface area contributed by atoms with Gasteiger partial charge in [0.1, 0.15) is 0 Å². The zero-order valence-corrected chi connectivity index (χ0v) is 9.62. The minimum atomic E-state index is 0.244. The molecule has 14 heavy (non-hydrogen) atoms. The van der Waals surface area contributed by atoms with Crippen molar-refractivity contribution < 1.29 is 9.47 Å². The summed E-state index contributed by atoms with van der Waals surface area (Å²) >= 11 is 0. The first-order chi connectivity index (χ1) is 6.56. The van der Waals surface area contributed by atoms with Gasteiger partial charge in [0.15, 0.2) is 7.98 Å². The van der Waals surface area contributed by atoms with Crippen LogP contribution >= 0.6 is 0 Å². The molecule has 1 fully saturated rings. The summed E-state index contributed by atoms with van der Waals surface area (Å²) in [7, 11) is 10.2. The van der Waals surface area contributed by atoms with Gasteiger partial charge < -0.3 is 19.6 Å². The normalized spacial score (nSPS) is 26.9. The van der Waals surface area contributed by atoms with Crippen molar-refractivity contribution in [2.24, 2.45) is 0 Å². The van der Waals surface area contributed by atoms with E-state index in [2.05, 4.69) is 12.2 Å². The predicted octanol–water partition coefficient (Wildman–Crippen LogP) is -0.359. The van der Waals surface area contributed by atoms with Crippen molar-refractivity contribution in [2.45, 2.75) is 19.1 Å². The minimum absolute atomic E-state index is 0.244. The number of morpholine rings is 1. The number of ether oxygens (including phenoxy) is 2. The van der Waals surface area contributed by atoms with Crippen molar-refractivity contribution in [2.75, 3.05) is 40.9 Å². The lowest BCUT2D eigenvalue weighted by Crippen LogP contribution is -2.45. The van der Waals surface area contributed by atoms with Crippen LogP contribution in [0.2, 0.25) is 0 Å². The minimum Gasteiger partial charge on any atom is -0.382 e. The smallest absolute Gasteiger partial charge is 0.181 e. The van der Waals surface area contributed by atoms with Crippen LogP contribution in [0.25, 0.3) is 0 Å². The van der Waals surface area contributed by atoms with Gasteiger partial charge in [0.2, 0.25) is 0 Å². The number of nitrogens with zero attached hydrogens (tertiary/aromatic N) is 1. The highest BCUT2D eigenvalue weighted by Gasteiger charge is 2.17. The third-order valence-corrected chi connectivity index (χ3v) is 1.58. The molecule has 0 amide bonds. The summed E-state index contributed by atoms with van der Waals surface area (Å²) in [6.07, 6.45) is 0.572. The summed E-state index contributed by atoms with van der Waals surface area (Å²) in [4.78, 5) is 1.50. The van der Waals surface area contributed by atoms with Crippen LogP contribution in [-0.2, 0) is 9.47 Å². The molecule has 0 aromatic carbocycles. The Morgan fingerprint density at radius 2 is 2.07 bits per heavy atom. The summed E-state index contributed by atoms with van der Waals surface area (Å²) in [5.74, 6) is 0. The first kappa shape index (κ1) is 13.9. The van der Waals surface area contributed by atoms with Gasteiger partial charge in [0, 0.05) is 20.2 Å². The second kappa shape index (κ2) is 8.23. The fourth-order valence-corrected chi connectivity index (χ4v) is 1.16. The number of methoxy groups -OCH3 is 1. The van der Waals surface area contributed by atoms with E-state index in [1.165, 1.54) is 4.81 Å². The van der Waals surface area contributed by atoms with E-state index in [0.29, 0.717) is 12.7 Å². The molecule has 0 aromatic rings. The van der Waals surface area contributed by atoms with Crippen molar-refractivity contribution in [3.05, 3.63) is 0 Å². The molecule has 1 N–H and O–H groups in total. The third-order valence-electron chi connectivity index (χ3n) is 1.58. The van der Waals surface area contributed by atoms with Gasteiger partial charge in [-0.05, 0) is 21.0 Å². The van der Waals surface area contributed by atoms with E-state index in [1.807, 2.05) is 0 Å². The molecule has 1 heterocycles. The summed E-state index contributed by atoms with van der Waals surface area (Å²) in [5, 5.41) is 3.26. The molecular weight excluding hydrogens is 179 g/mol. The van der Waals surface area contributed by atoms with Crippen LogP contribution < -0.4 is 5.32 Å². The topological polar surface area (TPSA) is 33.7 Å². The Hall–Kier alpha value is -0.0951. The highest BCUT2D eigenvalue weighted by Crippen LogP contribution is 2.02. The van der Waals surface area contributed by atoms with Crippen LogP contribution in [0.3, 0.4) is 0 Å². The van der Waals surface area contributed by atoms with Crippen molar-refractivity contribution in [1.29, 1.82) is 0 Å². The SMILES string of the molecule is COC[C@@H]1CNC[C@H](C)O1.[B]N(C)C. The van der Waals surface area contributed by atoms with Gasteiger partial charge in [0.05, 0.1) is 18.8 Å². The molecule has 0 bridgehead atoms. The van der Waals surface area contributed by atoms with Crippen LogP contribution in [-0.4, -0.2) is 65.9 Å². The monoisotopic (exact) mass is 200 g/mol. The Bertz CT molecular complexity index is 131. The summed E-state index contributed by atoms with van der Waals surface area (Å²) in [6, 6.07) is 0. The standard InChI is InChI=1S/C7H15NO2.C2H6BN/c1-6-3-8-4-7(10-6)5-9-2;1-4(2)3/h6-8H,3-5H2,1-2H3;1-2H3/t6-,7-;/m0./s1. The summed E-state index contributed by atoms with van der Waals surface area (Å²) < 4.78 is 10.5. The molecule has 1 saturated heterocycles. The zero-order valence-electron chi connectivity index (χ0n) is 9.62. The largest absolute Gasteiger partial charge is 0.382 e. The Balaban J connectivity index is 0.000000364. The second-order valence-corrected chi connectivity index (χ2v) is 3.65. The van der Waals surface area contributed by atoms with Crippen LogP contribution in [0.4, 0.5) is 0 Å². The Morgan fingerprint density at radius 3 is 2.50 bits per heavy atom. The Kier molecular flexibility index (Phi) is 8.18. The van der Waals surface area contributed by atoms with Gasteiger partial charge in [-0.1, -0.05) is 0 Å². The zero-order chi connectivity index (χ0) is 11.0. The summed E-state index contributed by atoms with van der Waals surface area (Å²) in [5.41, 5.74) is 0. The van der Waals surface area contributed by atoms with Crippen LogP contribution in [0.1, 0.15) is 6.92 Å². The van der Waals surface area contributed by atoms with Crippen molar-refractivity contribution in [3.8, 4) is 0 Å². The van der Waals surface area contributed by atoms with Gasteiger partial charge >= 0.3 is 0 Å². The molecule has 1 aliphatic heterocycles. The van der Waals surface area contributed by atoms with Gasteiger partial charge in [-0.15, -0.1) is 0 Å². The molecule has 1 rings (SSSR count). The lowest BCUT2D eigenvalue weighted by atomic mass is 10.2. The quantitative estimate of drug-likeness (QED) is 0.617. The average molecular weight is 200 g/mol. The Labute approximate surface area is 88.4 Å². The fourth-order valence-electron chi connectivity index (χ4n) is 1.16. The molecule has 2 radical (unpaired) electrons. The van der Waals surface area contributed by atoms with Gasteiger partial charge in [-0.25, -0.2) is 0 Å². The lowest BCUT2D eigenvalue weighted by Gasteiger charge is -2.27. The molecule has 4 nitrogen and oxygen atoms in total. The molecule has 0 saturated carbocycles. The van der Waals surface area contributed by atoms with E-state index < -0.39 is 0 Å². The van der Waals surface area contributed by atoms with E-state index in [-0.39, 0.29) is 6.10 Å². The van der Waals surface area contributed by atoms with Crippen LogP contribution in [0.5, 0.6) is 0 Å². The molecule has 0 aromatic heterocycles. The van der Waals surface area contributed by atoms with Crippen molar-refractivity contribution >= 4 is 7.98 Å².